The van der Waals surface area contributed by atoms with Crippen LogP contribution >= 0.6 is 11.3 Å². The number of aromatic amines is 1. The molecule has 0 radical (unpaired) electrons. The predicted octanol–water partition coefficient (Wildman–Crippen LogP) is 4.36. The summed E-state index contributed by atoms with van der Waals surface area (Å²) in [4.78, 5) is 24.0. The zero-order chi connectivity index (χ0) is 27.8. The highest BCUT2D eigenvalue weighted by molar-refractivity contribution is 7.91. The first kappa shape index (κ1) is 27.2. The molecular formula is C27H33N5O5S2. The molecule has 0 spiro atoms. The SMILES string of the molecule is COc1ccc2[nH]cc(CCNS(=O)(=O)c3cc4c(N5CCN(C(=O)OC(C)(C)C)CC5)nccc4s3)c2c1. The number of fused-ring (bicyclic) bond motifs is 2. The van der Waals surface area contributed by atoms with Gasteiger partial charge in [-0.15, -0.1) is 11.3 Å². The van der Waals surface area contributed by atoms with Crippen molar-refractivity contribution < 1.29 is 22.7 Å². The molecule has 12 heteroatoms. The van der Waals surface area contributed by atoms with Crippen molar-refractivity contribution in [2.45, 2.75) is 37.0 Å². The number of sulfonamides is 1. The Labute approximate surface area is 232 Å². The minimum Gasteiger partial charge on any atom is -0.497 e. The van der Waals surface area contributed by atoms with Crippen LogP contribution in [0.1, 0.15) is 26.3 Å². The molecule has 2 N–H and O–H groups in total. The van der Waals surface area contributed by atoms with Gasteiger partial charge in [0.1, 0.15) is 21.4 Å². The summed E-state index contributed by atoms with van der Waals surface area (Å²) in [6, 6.07) is 9.31. The number of aromatic nitrogens is 2. The van der Waals surface area contributed by atoms with Crippen molar-refractivity contribution in [2.24, 2.45) is 0 Å². The number of carbonyl (C=O) groups is 1. The molecule has 4 aromatic rings. The first-order chi connectivity index (χ1) is 18.5. The highest BCUT2D eigenvalue weighted by atomic mass is 32.2. The van der Waals surface area contributed by atoms with Crippen LogP contribution in [0.4, 0.5) is 10.6 Å². The van der Waals surface area contributed by atoms with Crippen molar-refractivity contribution in [1.82, 2.24) is 19.6 Å². The van der Waals surface area contributed by atoms with E-state index in [1.54, 1.807) is 24.3 Å². The molecule has 1 amide bonds. The minimum atomic E-state index is -3.71. The lowest BCUT2D eigenvalue weighted by Gasteiger charge is -2.36. The van der Waals surface area contributed by atoms with Gasteiger partial charge in [0.05, 0.1) is 7.11 Å². The Balaban J connectivity index is 1.26. The third-order valence-corrected chi connectivity index (χ3v) is 9.59. The minimum absolute atomic E-state index is 0.250. The number of amides is 1. The monoisotopic (exact) mass is 571 g/mol. The van der Waals surface area contributed by atoms with Gasteiger partial charge in [0.25, 0.3) is 0 Å². The topological polar surface area (TPSA) is 117 Å². The molecule has 1 fully saturated rings. The third kappa shape index (κ3) is 5.97. The maximum absolute atomic E-state index is 13.2. The Morgan fingerprint density at radius 1 is 1.13 bits per heavy atom. The molecule has 1 aliphatic heterocycles. The van der Waals surface area contributed by atoms with E-state index in [0.717, 1.165) is 38.1 Å². The summed E-state index contributed by atoms with van der Waals surface area (Å²) in [6.07, 6.45) is 3.81. The molecule has 208 valence electrons. The number of hydrogen-bond donors (Lipinski definition) is 2. The summed E-state index contributed by atoms with van der Waals surface area (Å²) in [5.74, 6) is 1.48. The summed E-state index contributed by atoms with van der Waals surface area (Å²) < 4.78 is 41.0. The number of nitrogens with zero attached hydrogens (tertiary/aromatic N) is 3. The predicted molar refractivity (Wildman–Crippen MR) is 153 cm³/mol. The largest absolute Gasteiger partial charge is 0.497 e. The smallest absolute Gasteiger partial charge is 0.410 e. The van der Waals surface area contributed by atoms with Gasteiger partial charge in [0.15, 0.2) is 0 Å². The third-order valence-electron chi connectivity index (χ3n) is 6.56. The second kappa shape index (κ2) is 10.7. The molecule has 3 aromatic heterocycles. The van der Waals surface area contributed by atoms with Gasteiger partial charge in [0.2, 0.25) is 10.0 Å². The van der Waals surface area contributed by atoms with Gasteiger partial charge in [0, 0.05) is 66.1 Å². The lowest BCUT2D eigenvalue weighted by Crippen LogP contribution is -2.50. The van der Waals surface area contributed by atoms with Crippen LogP contribution in [0.2, 0.25) is 0 Å². The fourth-order valence-corrected chi connectivity index (χ4v) is 7.07. The zero-order valence-corrected chi connectivity index (χ0v) is 24.1. The Morgan fingerprint density at radius 2 is 1.90 bits per heavy atom. The quantitative estimate of drug-likeness (QED) is 0.338. The van der Waals surface area contributed by atoms with E-state index in [9.17, 15) is 13.2 Å². The highest BCUT2D eigenvalue weighted by Gasteiger charge is 2.28. The molecule has 0 atom stereocenters. The van der Waals surface area contributed by atoms with Crippen LogP contribution in [0.15, 0.2) is 46.9 Å². The number of benzene rings is 1. The molecule has 0 saturated carbocycles. The van der Waals surface area contributed by atoms with Gasteiger partial charge in [-0.05, 0) is 63.1 Å². The number of anilines is 1. The first-order valence-electron chi connectivity index (χ1n) is 12.8. The molecular weight excluding hydrogens is 538 g/mol. The number of nitrogens with one attached hydrogen (secondary N) is 2. The van der Waals surface area contributed by atoms with Gasteiger partial charge < -0.3 is 24.3 Å². The van der Waals surface area contributed by atoms with Crippen LogP contribution in [-0.4, -0.2) is 74.8 Å². The Bertz CT molecular complexity index is 1600. The number of thiophene rings is 1. The summed E-state index contributed by atoms with van der Waals surface area (Å²) in [5.41, 5.74) is 1.45. The highest BCUT2D eigenvalue weighted by Crippen LogP contribution is 2.34. The van der Waals surface area contributed by atoms with Crippen LogP contribution < -0.4 is 14.4 Å². The molecule has 39 heavy (non-hydrogen) atoms. The molecule has 0 unspecified atom stereocenters. The van der Waals surface area contributed by atoms with Crippen molar-refractivity contribution in [2.75, 3.05) is 44.7 Å². The van der Waals surface area contributed by atoms with E-state index in [4.69, 9.17) is 9.47 Å². The summed E-state index contributed by atoms with van der Waals surface area (Å²) >= 11 is 1.23. The van der Waals surface area contributed by atoms with Crippen LogP contribution in [-0.2, 0) is 21.2 Å². The fraction of sp³-hybridized carbons (Fsp3) is 0.407. The molecule has 4 heterocycles. The number of ether oxygens (including phenoxy) is 2. The number of hydrogen-bond acceptors (Lipinski definition) is 8. The van der Waals surface area contributed by atoms with Crippen LogP contribution in [0, 0.1) is 0 Å². The summed E-state index contributed by atoms with van der Waals surface area (Å²) in [7, 11) is -2.09. The number of methoxy groups -OCH3 is 1. The van der Waals surface area contributed by atoms with Gasteiger partial charge in [-0.25, -0.2) is 22.9 Å². The molecule has 0 aliphatic carbocycles. The number of piperazine rings is 1. The lowest BCUT2D eigenvalue weighted by molar-refractivity contribution is 0.0240. The molecule has 1 saturated heterocycles. The van der Waals surface area contributed by atoms with Crippen LogP contribution in [0.5, 0.6) is 5.75 Å². The number of pyridine rings is 1. The number of H-pyrrole nitrogens is 1. The van der Waals surface area contributed by atoms with Crippen molar-refractivity contribution in [3.8, 4) is 5.75 Å². The maximum Gasteiger partial charge on any atom is 0.410 e. The van der Waals surface area contributed by atoms with E-state index in [0.29, 0.717) is 32.6 Å². The standard InChI is InChI=1S/C27H33N5O5S2/c1-27(2,3)37-26(33)32-13-11-31(12-14-32)25-21-16-24(38-23(21)8-9-28-25)39(34,35)30-10-7-18-17-29-22-6-5-19(36-4)15-20(18)22/h5-6,8-9,15-17,29-30H,7,10-14H2,1-4H3. The van der Waals surface area contributed by atoms with Gasteiger partial charge in [-0.1, -0.05) is 0 Å². The van der Waals surface area contributed by atoms with Crippen LogP contribution in [0.25, 0.3) is 21.0 Å². The first-order valence-corrected chi connectivity index (χ1v) is 15.1. The fourth-order valence-electron chi connectivity index (χ4n) is 4.62. The number of carbonyl (C=O) groups excluding carboxylic acids is 1. The van der Waals surface area contributed by atoms with Crippen molar-refractivity contribution in [3.63, 3.8) is 0 Å². The van der Waals surface area contributed by atoms with E-state index < -0.39 is 15.6 Å². The Morgan fingerprint density at radius 3 is 2.62 bits per heavy atom. The van der Waals surface area contributed by atoms with Crippen LogP contribution in [0.3, 0.4) is 0 Å². The van der Waals surface area contributed by atoms with Gasteiger partial charge >= 0.3 is 6.09 Å². The second-order valence-electron chi connectivity index (χ2n) is 10.4. The van der Waals surface area contributed by atoms with Crippen molar-refractivity contribution in [3.05, 3.63) is 48.3 Å². The van der Waals surface area contributed by atoms with Crippen molar-refractivity contribution in [1.29, 1.82) is 0 Å². The molecule has 10 nitrogen and oxygen atoms in total. The van der Waals surface area contributed by atoms with E-state index >= 15 is 0 Å². The zero-order valence-electron chi connectivity index (χ0n) is 22.5. The van der Waals surface area contributed by atoms with E-state index in [-0.39, 0.29) is 16.8 Å². The van der Waals surface area contributed by atoms with Gasteiger partial charge in [-0.3, -0.25) is 0 Å². The lowest BCUT2D eigenvalue weighted by atomic mass is 10.1. The average Bonchev–Trinajstić information content (AvgIpc) is 3.52. The average molecular weight is 572 g/mol. The van der Waals surface area contributed by atoms with E-state index in [1.165, 1.54) is 11.3 Å². The van der Waals surface area contributed by atoms with Crippen molar-refractivity contribution >= 4 is 54.3 Å². The van der Waals surface area contributed by atoms with Gasteiger partial charge in [-0.2, -0.15) is 0 Å². The number of rotatable bonds is 7. The maximum atomic E-state index is 13.2. The molecule has 1 aromatic carbocycles. The van der Waals surface area contributed by atoms with E-state index in [2.05, 4.69) is 19.6 Å². The normalized spacial score (nSPS) is 14.8. The summed E-state index contributed by atoms with van der Waals surface area (Å²) in [6.45, 7) is 7.98. The molecule has 5 rings (SSSR count). The Kier molecular flexibility index (Phi) is 7.45. The Hall–Kier alpha value is -3.35. The van der Waals surface area contributed by atoms with E-state index in [1.807, 2.05) is 51.2 Å². The molecule has 0 bridgehead atoms. The second-order valence-corrected chi connectivity index (χ2v) is 13.5. The summed E-state index contributed by atoms with van der Waals surface area (Å²) in [5, 5.41) is 1.80. The molecule has 1 aliphatic rings.